The normalized spacial score (nSPS) is 20.1. The second-order valence-electron chi connectivity index (χ2n) is 5.23. The van der Waals surface area contributed by atoms with Crippen molar-refractivity contribution in [1.82, 2.24) is 0 Å². The molecule has 4 heteroatoms. The van der Waals surface area contributed by atoms with E-state index in [0.29, 0.717) is 5.57 Å². The molecule has 1 aliphatic heterocycles. The van der Waals surface area contributed by atoms with E-state index in [4.69, 9.17) is 5.26 Å². The molecule has 2 aromatic rings. The summed E-state index contributed by atoms with van der Waals surface area (Å²) in [5.74, 6) is -1.81. The van der Waals surface area contributed by atoms with Gasteiger partial charge in [-0.05, 0) is 35.4 Å². The number of benzene rings is 2. The largest absolute Gasteiger partial charge is 0.420 e. The average molecular weight is 289 g/mol. The van der Waals surface area contributed by atoms with E-state index < -0.39 is 17.7 Å². The van der Waals surface area contributed by atoms with Gasteiger partial charge in [-0.3, -0.25) is 0 Å². The Morgan fingerprint density at radius 2 is 1.86 bits per heavy atom. The first-order valence-corrected chi connectivity index (χ1v) is 6.88. The molecular formula is C18H13N2O2+. The van der Waals surface area contributed by atoms with Crippen LogP contribution in [0.1, 0.15) is 12.5 Å². The first kappa shape index (κ1) is 13.9. The van der Waals surface area contributed by atoms with Crippen molar-refractivity contribution < 1.29 is 14.2 Å². The SMILES string of the molecule is CC1=CC(=O)[N+](=Cc2ccc3ccccc3c2)C(=O)C1C#N. The Hall–Kier alpha value is -3.06. The van der Waals surface area contributed by atoms with Crippen LogP contribution in [0.25, 0.3) is 10.8 Å². The van der Waals surface area contributed by atoms with Crippen LogP contribution in [0, 0.1) is 17.2 Å². The fraction of sp³-hybridized carbons (Fsp3) is 0.111. The maximum atomic E-state index is 12.3. The molecule has 0 N–H and O–H groups in total. The first-order valence-electron chi connectivity index (χ1n) is 6.88. The fourth-order valence-electron chi connectivity index (χ4n) is 2.51. The minimum Gasteiger partial charge on any atom is -0.217 e. The molecule has 22 heavy (non-hydrogen) atoms. The van der Waals surface area contributed by atoms with E-state index in [1.807, 2.05) is 48.5 Å². The molecule has 0 radical (unpaired) electrons. The highest BCUT2D eigenvalue weighted by atomic mass is 16.2. The summed E-state index contributed by atoms with van der Waals surface area (Å²) in [6, 6.07) is 15.5. The highest BCUT2D eigenvalue weighted by Crippen LogP contribution is 2.18. The molecule has 0 saturated heterocycles. The van der Waals surface area contributed by atoms with Gasteiger partial charge in [-0.2, -0.15) is 5.26 Å². The van der Waals surface area contributed by atoms with Gasteiger partial charge in [0.15, 0.2) is 12.1 Å². The maximum Gasteiger partial charge on any atom is 0.420 e. The molecule has 3 rings (SSSR count). The second kappa shape index (κ2) is 5.38. The number of carbonyl (C=O) groups excluding carboxylic acids is 2. The zero-order chi connectivity index (χ0) is 15.7. The minimum atomic E-state index is -0.894. The first-order chi connectivity index (χ1) is 10.6. The van der Waals surface area contributed by atoms with Crippen molar-refractivity contribution in [2.75, 3.05) is 0 Å². The topological polar surface area (TPSA) is 60.9 Å². The van der Waals surface area contributed by atoms with Crippen molar-refractivity contribution in [3.8, 4) is 6.07 Å². The zero-order valence-corrected chi connectivity index (χ0v) is 12.0. The molecular weight excluding hydrogens is 276 g/mol. The van der Waals surface area contributed by atoms with Gasteiger partial charge in [0, 0.05) is 5.56 Å². The Kier molecular flexibility index (Phi) is 3.40. The lowest BCUT2D eigenvalue weighted by Crippen LogP contribution is -2.37. The molecule has 106 valence electrons. The standard InChI is InChI=1S/C18H13N2O2/c1-12-8-17(21)20(18(22)16(12)10-19)11-13-6-7-14-4-2-3-5-15(14)9-13/h2-9,11,16H,1H3/q+1. The lowest BCUT2D eigenvalue weighted by atomic mass is 9.97. The number of nitriles is 1. The summed E-state index contributed by atoms with van der Waals surface area (Å²) >= 11 is 0. The maximum absolute atomic E-state index is 12.3. The molecule has 1 unspecified atom stereocenters. The quantitative estimate of drug-likeness (QED) is 0.598. The van der Waals surface area contributed by atoms with Crippen molar-refractivity contribution in [3.05, 3.63) is 59.7 Å². The van der Waals surface area contributed by atoms with E-state index in [1.165, 1.54) is 12.3 Å². The third kappa shape index (κ3) is 2.33. The molecule has 1 aliphatic rings. The molecule has 1 heterocycles. The number of imide groups is 1. The summed E-state index contributed by atoms with van der Waals surface area (Å²) in [6.07, 6.45) is 2.83. The summed E-state index contributed by atoms with van der Waals surface area (Å²) in [5, 5.41) is 11.2. The van der Waals surface area contributed by atoms with Crippen LogP contribution in [0.2, 0.25) is 0 Å². The van der Waals surface area contributed by atoms with Crippen molar-refractivity contribution in [3.63, 3.8) is 0 Å². The van der Waals surface area contributed by atoms with E-state index >= 15 is 0 Å². The molecule has 0 bridgehead atoms. The molecule has 2 aromatic carbocycles. The van der Waals surface area contributed by atoms with E-state index in [0.717, 1.165) is 20.9 Å². The van der Waals surface area contributed by atoms with Crippen LogP contribution in [-0.2, 0) is 9.59 Å². The molecule has 4 nitrogen and oxygen atoms in total. The van der Waals surface area contributed by atoms with Crippen LogP contribution in [0.5, 0.6) is 0 Å². The van der Waals surface area contributed by atoms with Crippen LogP contribution in [0.15, 0.2) is 54.1 Å². The number of hydrogen-bond donors (Lipinski definition) is 0. The van der Waals surface area contributed by atoms with Gasteiger partial charge in [-0.25, -0.2) is 9.59 Å². The van der Waals surface area contributed by atoms with Gasteiger partial charge >= 0.3 is 11.8 Å². The third-order valence-electron chi connectivity index (χ3n) is 3.71. The number of rotatable bonds is 1. The summed E-state index contributed by atoms with van der Waals surface area (Å²) in [4.78, 5) is 24.3. The van der Waals surface area contributed by atoms with Gasteiger partial charge in [0.05, 0.1) is 12.1 Å². The average Bonchev–Trinajstić information content (AvgIpc) is 2.51. The second-order valence-corrected chi connectivity index (χ2v) is 5.23. The lowest BCUT2D eigenvalue weighted by molar-refractivity contribution is -0.378. The summed E-state index contributed by atoms with van der Waals surface area (Å²) < 4.78 is 1.02. The van der Waals surface area contributed by atoms with Gasteiger partial charge in [-0.1, -0.05) is 34.9 Å². The predicted molar refractivity (Wildman–Crippen MR) is 82.2 cm³/mol. The number of nitrogens with zero attached hydrogens (tertiary/aromatic N) is 2. The highest BCUT2D eigenvalue weighted by Gasteiger charge is 2.39. The molecule has 1 atom stereocenters. The minimum absolute atomic E-state index is 0.415. The van der Waals surface area contributed by atoms with E-state index in [2.05, 4.69) is 0 Å². The van der Waals surface area contributed by atoms with Gasteiger partial charge < -0.3 is 0 Å². The molecule has 0 aliphatic carbocycles. The van der Waals surface area contributed by atoms with Crippen molar-refractivity contribution in [2.45, 2.75) is 6.92 Å². The van der Waals surface area contributed by atoms with E-state index in [1.54, 1.807) is 6.92 Å². The molecule has 0 spiro atoms. The van der Waals surface area contributed by atoms with Gasteiger partial charge in [0.1, 0.15) is 0 Å². The van der Waals surface area contributed by atoms with Crippen molar-refractivity contribution >= 4 is 28.8 Å². The van der Waals surface area contributed by atoms with Crippen LogP contribution in [0.4, 0.5) is 0 Å². The van der Waals surface area contributed by atoms with Gasteiger partial charge in [0.2, 0.25) is 0 Å². The Balaban J connectivity index is 2.08. The fourth-order valence-corrected chi connectivity index (χ4v) is 2.51. The zero-order valence-electron chi connectivity index (χ0n) is 12.0. The number of carbonyl (C=O) groups is 2. The van der Waals surface area contributed by atoms with Crippen molar-refractivity contribution in [1.29, 1.82) is 5.26 Å². The molecule has 2 amide bonds. The molecule has 0 fully saturated rings. The van der Waals surface area contributed by atoms with Crippen LogP contribution >= 0.6 is 0 Å². The smallest absolute Gasteiger partial charge is 0.217 e. The lowest BCUT2D eigenvalue weighted by Gasteiger charge is -2.09. The number of hydrogen-bond acceptors (Lipinski definition) is 3. The Bertz CT molecular complexity index is 901. The molecule has 0 saturated carbocycles. The van der Waals surface area contributed by atoms with E-state index in [9.17, 15) is 9.59 Å². The Morgan fingerprint density at radius 3 is 2.59 bits per heavy atom. The van der Waals surface area contributed by atoms with Crippen molar-refractivity contribution in [2.24, 2.45) is 5.92 Å². The Morgan fingerprint density at radius 1 is 1.14 bits per heavy atom. The van der Waals surface area contributed by atoms with Gasteiger partial charge in [-0.15, -0.1) is 0 Å². The van der Waals surface area contributed by atoms with Crippen LogP contribution in [0.3, 0.4) is 0 Å². The van der Waals surface area contributed by atoms with Crippen LogP contribution in [-0.4, -0.2) is 22.6 Å². The summed E-state index contributed by atoms with van der Waals surface area (Å²) in [6.45, 7) is 1.62. The number of amides is 2. The molecule has 0 aromatic heterocycles. The highest BCUT2D eigenvalue weighted by molar-refractivity contribution is 6.01. The Labute approximate surface area is 127 Å². The van der Waals surface area contributed by atoms with Crippen LogP contribution < -0.4 is 0 Å². The summed E-state index contributed by atoms with van der Waals surface area (Å²) in [5.41, 5.74) is 1.23. The van der Waals surface area contributed by atoms with Gasteiger partial charge in [0.25, 0.3) is 0 Å². The predicted octanol–water partition coefficient (Wildman–Crippen LogP) is 2.42. The monoisotopic (exact) mass is 289 g/mol. The van der Waals surface area contributed by atoms with E-state index in [-0.39, 0.29) is 0 Å². The summed E-state index contributed by atoms with van der Waals surface area (Å²) in [7, 11) is 0. The third-order valence-corrected chi connectivity index (χ3v) is 3.71. The number of fused-ring (bicyclic) bond motifs is 1.